The van der Waals surface area contributed by atoms with Gasteiger partial charge >= 0.3 is 0 Å². The summed E-state index contributed by atoms with van der Waals surface area (Å²) >= 11 is 0. The predicted molar refractivity (Wildman–Crippen MR) is 83.2 cm³/mol. The van der Waals surface area contributed by atoms with Crippen molar-refractivity contribution in [3.63, 3.8) is 0 Å². The average Bonchev–Trinajstić information content (AvgIpc) is 2.48. The van der Waals surface area contributed by atoms with E-state index in [4.69, 9.17) is 10.5 Å². The molecule has 0 bridgehead atoms. The Bertz CT molecular complexity index is 541. The second-order valence-corrected chi connectivity index (χ2v) is 7.32. The first-order valence-electron chi connectivity index (χ1n) is 7.42. The first kappa shape index (κ1) is 16.4. The molecule has 1 aliphatic heterocycles. The topological polar surface area (TPSA) is 72.6 Å². The fraction of sp³-hybridized carbons (Fsp3) is 0.600. The molecule has 0 radical (unpaired) electrons. The van der Waals surface area contributed by atoms with Gasteiger partial charge in [0.25, 0.3) is 0 Å². The number of nitrogens with zero attached hydrogens (tertiary/aromatic N) is 1. The number of nitrogens with two attached hydrogens (primary N) is 1. The molecular weight excluding hydrogens is 288 g/mol. The predicted octanol–water partition coefficient (Wildman–Crippen LogP) is 1.48. The number of hydrogen-bond acceptors (Lipinski definition) is 4. The van der Waals surface area contributed by atoms with Gasteiger partial charge in [0.1, 0.15) is 0 Å². The molecule has 6 heteroatoms. The second kappa shape index (κ2) is 7.35. The highest BCUT2D eigenvalue weighted by molar-refractivity contribution is 7.88. The van der Waals surface area contributed by atoms with Crippen LogP contribution in [0.3, 0.4) is 0 Å². The Balaban J connectivity index is 2.03. The molecule has 1 aliphatic rings. The molecule has 1 aromatic carbocycles. The molecule has 1 atom stereocenters. The molecule has 0 aromatic heterocycles. The van der Waals surface area contributed by atoms with Crippen molar-refractivity contribution in [3.05, 3.63) is 35.4 Å². The van der Waals surface area contributed by atoms with E-state index in [9.17, 15) is 8.42 Å². The second-order valence-electron chi connectivity index (χ2n) is 5.35. The summed E-state index contributed by atoms with van der Waals surface area (Å²) in [5.74, 6) is 0.0384. The van der Waals surface area contributed by atoms with Crippen molar-refractivity contribution in [1.82, 2.24) is 4.31 Å². The van der Waals surface area contributed by atoms with Crippen molar-refractivity contribution in [2.45, 2.75) is 38.2 Å². The number of piperidine rings is 1. The highest BCUT2D eigenvalue weighted by atomic mass is 32.2. The van der Waals surface area contributed by atoms with E-state index >= 15 is 0 Å². The van der Waals surface area contributed by atoms with Gasteiger partial charge in [-0.05, 0) is 30.9 Å². The minimum Gasteiger partial charge on any atom is -0.377 e. The first-order chi connectivity index (χ1) is 10.0. The third-order valence-corrected chi connectivity index (χ3v) is 5.56. The molecule has 0 spiro atoms. The smallest absolute Gasteiger partial charge is 0.218 e. The Morgan fingerprint density at radius 1 is 1.29 bits per heavy atom. The van der Waals surface area contributed by atoms with Crippen LogP contribution in [0.2, 0.25) is 0 Å². The summed E-state index contributed by atoms with van der Waals surface area (Å²) < 4.78 is 32.1. The summed E-state index contributed by atoms with van der Waals surface area (Å²) in [6.45, 7) is 4.09. The third-order valence-electron chi connectivity index (χ3n) is 3.74. The van der Waals surface area contributed by atoms with Crippen LogP contribution in [0.4, 0.5) is 0 Å². The molecule has 118 valence electrons. The quantitative estimate of drug-likeness (QED) is 0.863. The van der Waals surface area contributed by atoms with E-state index in [1.807, 2.05) is 31.2 Å². The lowest BCUT2D eigenvalue weighted by Crippen LogP contribution is -2.43. The van der Waals surface area contributed by atoms with Crippen molar-refractivity contribution >= 4 is 10.0 Å². The van der Waals surface area contributed by atoms with Crippen molar-refractivity contribution in [1.29, 1.82) is 0 Å². The lowest BCUT2D eigenvalue weighted by Gasteiger charge is -2.31. The van der Waals surface area contributed by atoms with E-state index < -0.39 is 10.0 Å². The molecule has 2 N–H and O–H groups in total. The maximum atomic E-state index is 12.5. The molecule has 2 rings (SSSR count). The summed E-state index contributed by atoms with van der Waals surface area (Å²) in [4.78, 5) is 0. The van der Waals surface area contributed by atoms with Crippen LogP contribution in [0, 0.1) is 0 Å². The minimum absolute atomic E-state index is 0.0261. The zero-order valence-corrected chi connectivity index (χ0v) is 13.3. The van der Waals surface area contributed by atoms with Gasteiger partial charge in [0.15, 0.2) is 0 Å². The zero-order chi connectivity index (χ0) is 15.3. The molecule has 0 aliphatic carbocycles. The Labute approximate surface area is 127 Å². The SMILES string of the molecule is CCOC1CCCN(S(=O)(=O)Cc2ccc(CN)cc2)C1. The summed E-state index contributed by atoms with van der Waals surface area (Å²) in [6, 6.07) is 7.43. The lowest BCUT2D eigenvalue weighted by molar-refractivity contribution is 0.0264. The molecule has 1 saturated heterocycles. The van der Waals surface area contributed by atoms with Gasteiger partial charge in [0.2, 0.25) is 10.0 Å². The van der Waals surface area contributed by atoms with Gasteiger partial charge in [0.05, 0.1) is 11.9 Å². The monoisotopic (exact) mass is 312 g/mol. The lowest BCUT2D eigenvalue weighted by atomic mass is 10.1. The fourth-order valence-electron chi connectivity index (χ4n) is 2.60. The van der Waals surface area contributed by atoms with E-state index in [1.54, 1.807) is 4.31 Å². The van der Waals surface area contributed by atoms with Crippen molar-refractivity contribution in [2.24, 2.45) is 5.73 Å². The normalized spacial score (nSPS) is 20.6. The Morgan fingerprint density at radius 3 is 2.57 bits per heavy atom. The fourth-order valence-corrected chi connectivity index (χ4v) is 4.20. The third kappa shape index (κ3) is 4.51. The van der Waals surface area contributed by atoms with Gasteiger partial charge in [-0.1, -0.05) is 24.3 Å². The molecule has 0 amide bonds. The van der Waals surface area contributed by atoms with Crippen LogP contribution in [-0.2, 0) is 27.1 Å². The maximum Gasteiger partial charge on any atom is 0.218 e. The molecule has 5 nitrogen and oxygen atoms in total. The Hall–Kier alpha value is -0.950. The van der Waals surface area contributed by atoms with Crippen LogP contribution in [0.1, 0.15) is 30.9 Å². The van der Waals surface area contributed by atoms with E-state index in [0.29, 0.717) is 26.2 Å². The van der Waals surface area contributed by atoms with Gasteiger partial charge in [-0.15, -0.1) is 0 Å². The summed E-state index contributed by atoms with van der Waals surface area (Å²) in [7, 11) is -3.29. The van der Waals surface area contributed by atoms with Crippen LogP contribution < -0.4 is 5.73 Å². The maximum absolute atomic E-state index is 12.5. The molecule has 0 saturated carbocycles. The van der Waals surface area contributed by atoms with E-state index in [1.165, 1.54) is 0 Å². The highest BCUT2D eigenvalue weighted by Gasteiger charge is 2.29. The van der Waals surface area contributed by atoms with Crippen molar-refractivity contribution < 1.29 is 13.2 Å². The number of ether oxygens (including phenoxy) is 1. The van der Waals surface area contributed by atoms with E-state index in [2.05, 4.69) is 0 Å². The van der Waals surface area contributed by atoms with Crippen molar-refractivity contribution in [3.8, 4) is 0 Å². The molecule has 1 aromatic rings. The van der Waals surface area contributed by atoms with Gasteiger partial charge in [-0.2, -0.15) is 4.31 Å². The van der Waals surface area contributed by atoms with Crippen LogP contribution >= 0.6 is 0 Å². The van der Waals surface area contributed by atoms with Crippen LogP contribution in [-0.4, -0.2) is 38.5 Å². The minimum atomic E-state index is -3.29. The number of benzene rings is 1. The van der Waals surface area contributed by atoms with Crippen LogP contribution in [0.25, 0.3) is 0 Å². The largest absolute Gasteiger partial charge is 0.377 e. The molecule has 1 heterocycles. The average molecular weight is 312 g/mol. The summed E-state index contributed by atoms with van der Waals surface area (Å²) in [5.41, 5.74) is 7.35. The van der Waals surface area contributed by atoms with Gasteiger partial charge in [0, 0.05) is 26.2 Å². The summed E-state index contributed by atoms with van der Waals surface area (Å²) in [6.07, 6.45) is 1.82. The van der Waals surface area contributed by atoms with E-state index in [0.717, 1.165) is 24.0 Å². The number of rotatable bonds is 6. The molecular formula is C15H24N2O3S. The molecule has 1 unspecified atom stereocenters. The van der Waals surface area contributed by atoms with Gasteiger partial charge in [-0.25, -0.2) is 8.42 Å². The molecule has 21 heavy (non-hydrogen) atoms. The first-order valence-corrected chi connectivity index (χ1v) is 9.03. The van der Waals surface area contributed by atoms with Crippen LogP contribution in [0.5, 0.6) is 0 Å². The number of hydrogen-bond donors (Lipinski definition) is 1. The Morgan fingerprint density at radius 2 is 1.95 bits per heavy atom. The standard InChI is InChI=1S/C15H24N2O3S/c1-2-20-15-4-3-9-17(11-15)21(18,19)12-14-7-5-13(10-16)6-8-14/h5-8,15H,2-4,9-12,16H2,1H3. The Kier molecular flexibility index (Phi) is 5.75. The van der Waals surface area contributed by atoms with Crippen LogP contribution in [0.15, 0.2) is 24.3 Å². The van der Waals surface area contributed by atoms with Gasteiger partial charge in [-0.3, -0.25) is 0 Å². The summed E-state index contributed by atoms with van der Waals surface area (Å²) in [5, 5.41) is 0. The van der Waals surface area contributed by atoms with Gasteiger partial charge < -0.3 is 10.5 Å². The number of sulfonamides is 1. The molecule has 1 fully saturated rings. The van der Waals surface area contributed by atoms with Crippen molar-refractivity contribution in [2.75, 3.05) is 19.7 Å². The highest BCUT2D eigenvalue weighted by Crippen LogP contribution is 2.19. The zero-order valence-electron chi connectivity index (χ0n) is 12.5. The van der Waals surface area contributed by atoms with E-state index in [-0.39, 0.29) is 11.9 Å².